The van der Waals surface area contributed by atoms with E-state index in [1.807, 2.05) is 0 Å². The van der Waals surface area contributed by atoms with Crippen molar-refractivity contribution in [2.45, 2.75) is 30.3 Å². The average Bonchev–Trinajstić information content (AvgIpc) is 3.16. The van der Waals surface area contributed by atoms with E-state index in [1.54, 1.807) is 6.08 Å². The second kappa shape index (κ2) is 11.0. The van der Waals surface area contributed by atoms with Crippen LogP contribution in [0.5, 0.6) is 11.5 Å². The molecule has 0 bridgehead atoms. The second-order valence-electron chi connectivity index (χ2n) is 9.92. The quantitative estimate of drug-likeness (QED) is 0.210. The van der Waals surface area contributed by atoms with Gasteiger partial charge in [-0.05, 0) is 54.0 Å². The monoisotopic (exact) mass is 657 g/mol. The highest BCUT2D eigenvalue weighted by molar-refractivity contribution is 6.33. The van der Waals surface area contributed by atoms with Gasteiger partial charge in [-0.1, -0.05) is 54.1 Å². The number of hydrogen-bond donors (Lipinski definition) is 2. The lowest BCUT2D eigenvalue weighted by Crippen LogP contribution is -2.48. The number of anilines is 1. The lowest BCUT2D eigenvalue weighted by Gasteiger charge is -2.43. The molecule has 1 saturated heterocycles. The van der Waals surface area contributed by atoms with Crippen LogP contribution in [0.3, 0.4) is 0 Å². The molecule has 1 aliphatic heterocycles. The normalized spacial score (nSPS) is 22.0. The number of phenolic OH excluding ortho intramolecular Hbond substituents is 1. The molecule has 3 atom stereocenters. The number of amides is 2. The fourth-order valence-electron chi connectivity index (χ4n) is 5.72. The number of hydrazine groups is 1. The van der Waals surface area contributed by atoms with Crippen molar-refractivity contribution in [1.82, 2.24) is 9.99 Å². The van der Waals surface area contributed by atoms with Crippen LogP contribution < -0.4 is 10.2 Å². The molecule has 2 amide bonds. The number of alkyl halides is 6. The van der Waals surface area contributed by atoms with Crippen LogP contribution in [0.15, 0.2) is 79.0 Å². The predicted molar refractivity (Wildman–Crippen MR) is 147 cm³/mol. The fraction of sp³-hybridized carbons (Fsp3) is 0.207. The number of carbonyl (C=O) groups is 2. The number of pyridine rings is 1. The summed E-state index contributed by atoms with van der Waals surface area (Å²) in [6, 6.07) is 9.11. The molecule has 0 saturated carbocycles. The smallest absolute Gasteiger partial charge is 0.508 e. The lowest BCUT2D eigenvalue weighted by atomic mass is 9.56. The summed E-state index contributed by atoms with van der Waals surface area (Å²) in [7, 11) is 0. The number of imide groups is 1. The van der Waals surface area contributed by atoms with Gasteiger partial charge in [0.15, 0.2) is 5.82 Å². The van der Waals surface area contributed by atoms with Crippen LogP contribution in [-0.4, -0.2) is 33.3 Å². The molecule has 0 spiro atoms. The topological polar surface area (TPSA) is 91.8 Å². The van der Waals surface area contributed by atoms with Gasteiger partial charge in [-0.25, -0.2) is 4.98 Å². The summed E-state index contributed by atoms with van der Waals surface area (Å²) in [5, 5.41) is 11.2. The maximum atomic E-state index is 14.6. The zero-order valence-corrected chi connectivity index (χ0v) is 23.5. The first-order chi connectivity index (χ1) is 20.6. The van der Waals surface area contributed by atoms with Gasteiger partial charge in [-0.2, -0.15) is 18.2 Å². The highest BCUT2D eigenvalue weighted by Crippen LogP contribution is 2.59. The molecule has 7 nitrogen and oxygen atoms in total. The molecule has 44 heavy (non-hydrogen) atoms. The third-order valence-electron chi connectivity index (χ3n) is 7.49. The molecule has 2 aliphatic rings. The van der Waals surface area contributed by atoms with E-state index in [9.17, 15) is 41.0 Å². The summed E-state index contributed by atoms with van der Waals surface area (Å²) in [5.41, 5.74) is -0.363. The molecule has 5 rings (SSSR count). The molecule has 230 valence electrons. The molecule has 1 fully saturated rings. The number of nitrogens with zero attached hydrogens (tertiary/aromatic N) is 2. The third-order valence-corrected chi connectivity index (χ3v) is 8.03. The van der Waals surface area contributed by atoms with E-state index in [0.717, 1.165) is 18.2 Å². The minimum Gasteiger partial charge on any atom is -0.508 e. The van der Waals surface area contributed by atoms with Gasteiger partial charge < -0.3 is 9.84 Å². The van der Waals surface area contributed by atoms with E-state index in [2.05, 4.69) is 21.7 Å². The number of allylic oxidation sites excluding steroid dienone is 3. The minimum absolute atomic E-state index is 0.0586. The Morgan fingerprint density at radius 3 is 2.34 bits per heavy atom. The van der Waals surface area contributed by atoms with Crippen LogP contribution in [0.1, 0.15) is 29.0 Å². The van der Waals surface area contributed by atoms with Crippen LogP contribution >= 0.6 is 23.2 Å². The molecule has 1 aromatic heterocycles. The van der Waals surface area contributed by atoms with Gasteiger partial charge in [0, 0.05) is 22.7 Å². The first kappa shape index (κ1) is 31.2. The van der Waals surface area contributed by atoms with E-state index in [4.69, 9.17) is 23.2 Å². The molecular weight excluding hydrogens is 639 g/mol. The Kier molecular flexibility index (Phi) is 7.83. The number of aromatic hydroxyl groups is 1. The van der Waals surface area contributed by atoms with Crippen molar-refractivity contribution >= 4 is 40.8 Å². The maximum Gasteiger partial charge on any atom is 0.573 e. The number of fused-ring (bicyclic) bond motifs is 1. The second-order valence-corrected chi connectivity index (χ2v) is 10.8. The van der Waals surface area contributed by atoms with Crippen molar-refractivity contribution < 1.29 is 45.8 Å². The van der Waals surface area contributed by atoms with Gasteiger partial charge in [0.25, 0.3) is 11.8 Å². The Morgan fingerprint density at radius 1 is 1.07 bits per heavy atom. The number of phenols is 1. The number of nitrogens with one attached hydrogen (secondary N) is 1. The van der Waals surface area contributed by atoms with Gasteiger partial charge in [0.1, 0.15) is 11.5 Å². The third kappa shape index (κ3) is 5.34. The molecule has 3 aromatic rings. The minimum atomic E-state index is -5.08. The van der Waals surface area contributed by atoms with E-state index >= 15 is 0 Å². The van der Waals surface area contributed by atoms with Crippen molar-refractivity contribution in [2.75, 3.05) is 5.43 Å². The highest BCUT2D eigenvalue weighted by atomic mass is 35.5. The number of benzene rings is 2. The molecular formula is C29H19Cl2F6N3O4. The van der Waals surface area contributed by atoms with Crippen molar-refractivity contribution in [2.24, 2.45) is 5.92 Å². The molecule has 2 aromatic carbocycles. The molecule has 15 heteroatoms. The Bertz CT molecular complexity index is 1690. The summed E-state index contributed by atoms with van der Waals surface area (Å²) in [5.74, 6) is -5.97. The summed E-state index contributed by atoms with van der Waals surface area (Å²) >= 11 is 12.1. The van der Waals surface area contributed by atoms with Crippen molar-refractivity contribution in [3.63, 3.8) is 0 Å². The summed E-state index contributed by atoms with van der Waals surface area (Å²) in [4.78, 5) is 32.1. The van der Waals surface area contributed by atoms with E-state index in [-0.39, 0.29) is 22.6 Å². The zero-order valence-electron chi connectivity index (χ0n) is 22.0. The van der Waals surface area contributed by atoms with Crippen LogP contribution in [0, 0.1) is 5.92 Å². The molecule has 2 N–H and O–H groups in total. The van der Waals surface area contributed by atoms with Crippen molar-refractivity contribution in [3.8, 4) is 11.5 Å². The van der Waals surface area contributed by atoms with Crippen LogP contribution in [0.2, 0.25) is 10.0 Å². The van der Waals surface area contributed by atoms with E-state index < -0.39 is 69.5 Å². The number of carbonyl (C=O) groups excluding carboxylic acids is 2. The number of ether oxygens (including phenoxy) is 1. The van der Waals surface area contributed by atoms with Crippen molar-refractivity contribution in [1.29, 1.82) is 0 Å². The SMILES string of the molecule is C=CC1=CCC2C(=O)N(Nc3ncc(C(F)(F)F)cc3Cl)C(=O)C2(c2ccc(Cl)cc2)C1c1cc(OC(F)(F)F)ccc1O. The Hall–Kier alpha value is -4.23. The maximum absolute atomic E-state index is 14.6. The Labute approximate surface area is 255 Å². The average molecular weight is 658 g/mol. The largest absolute Gasteiger partial charge is 0.573 e. The number of rotatable bonds is 6. The zero-order chi connectivity index (χ0) is 32.2. The highest BCUT2D eigenvalue weighted by Gasteiger charge is 2.66. The summed E-state index contributed by atoms with van der Waals surface area (Å²) in [6.07, 6.45) is -6.54. The number of halogens is 8. The van der Waals surface area contributed by atoms with Crippen LogP contribution in [0.25, 0.3) is 0 Å². The van der Waals surface area contributed by atoms with Crippen molar-refractivity contribution in [3.05, 3.63) is 106 Å². The van der Waals surface area contributed by atoms with E-state index in [1.165, 1.54) is 30.3 Å². The van der Waals surface area contributed by atoms with Gasteiger partial charge >= 0.3 is 12.5 Å². The Morgan fingerprint density at radius 2 is 1.75 bits per heavy atom. The summed E-state index contributed by atoms with van der Waals surface area (Å²) in [6.45, 7) is 3.77. The Balaban J connectivity index is 1.71. The molecule has 1 aliphatic carbocycles. The molecule has 0 radical (unpaired) electrons. The molecule has 3 unspecified atom stereocenters. The molecule has 2 heterocycles. The van der Waals surface area contributed by atoms with Gasteiger partial charge in [-0.3, -0.25) is 15.0 Å². The summed E-state index contributed by atoms with van der Waals surface area (Å²) < 4.78 is 83.0. The van der Waals surface area contributed by atoms with E-state index in [0.29, 0.717) is 22.8 Å². The van der Waals surface area contributed by atoms with Crippen LogP contribution in [0.4, 0.5) is 32.2 Å². The van der Waals surface area contributed by atoms with Gasteiger partial charge in [-0.15, -0.1) is 13.2 Å². The standard InChI is InChI=1S/C29H19Cl2F6N3O4/c1-2-14-3-9-20-25(42)40(39-24-21(31)11-16(13-38-24)28(32,33)34)26(43)27(20,15-4-6-17(30)7-5-15)23(14)19-12-18(8-10-22(19)41)44-29(35,36)37/h2-8,10-13,20,23,41H,1,9H2,(H,38,39). The number of aromatic nitrogens is 1. The first-order valence-corrected chi connectivity index (χ1v) is 13.4. The lowest BCUT2D eigenvalue weighted by molar-refractivity contribution is -0.274. The first-order valence-electron chi connectivity index (χ1n) is 12.6. The van der Waals surface area contributed by atoms with Crippen LogP contribution in [-0.2, 0) is 21.2 Å². The fourth-order valence-corrected chi connectivity index (χ4v) is 6.06. The predicted octanol–water partition coefficient (Wildman–Crippen LogP) is 7.56. The number of hydrogen-bond acceptors (Lipinski definition) is 6. The van der Waals surface area contributed by atoms with Gasteiger partial charge in [0.2, 0.25) is 0 Å². The van der Waals surface area contributed by atoms with Gasteiger partial charge in [0.05, 0.1) is 21.9 Å².